The number of nitrogens with one attached hydrogen (secondary N) is 2. The van der Waals surface area contributed by atoms with Gasteiger partial charge in [0.15, 0.2) is 0 Å². The molecule has 3 nitrogen and oxygen atoms in total. The largest absolute Gasteiger partial charge is 0.355 e. The second kappa shape index (κ2) is 7.55. The average molecular weight is 292 g/mol. The van der Waals surface area contributed by atoms with Crippen LogP contribution in [0.2, 0.25) is 0 Å². The molecule has 0 spiro atoms. The van der Waals surface area contributed by atoms with Crippen LogP contribution in [0.15, 0.2) is 24.3 Å². The lowest BCUT2D eigenvalue weighted by Gasteiger charge is -2.36. The number of benzene rings is 1. The Kier molecular flexibility index (Phi) is 5.74. The van der Waals surface area contributed by atoms with Gasteiger partial charge in [-0.2, -0.15) is 0 Å². The summed E-state index contributed by atoms with van der Waals surface area (Å²) in [6.45, 7) is 4.59. The number of hydrogen-bond donors (Lipinski definition) is 2. The molecule has 1 fully saturated rings. The van der Waals surface area contributed by atoms with Gasteiger partial charge in [0.05, 0.1) is 5.41 Å². The molecular weight excluding hydrogens is 267 g/mol. The molecule has 0 bridgehead atoms. The second-order valence-electron chi connectivity index (χ2n) is 5.91. The van der Waals surface area contributed by atoms with Crippen molar-refractivity contribution in [1.82, 2.24) is 10.6 Å². The van der Waals surface area contributed by atoms with Gasteiger partial charge >= 0.3 is 0 Å². The predicted octanol–water partition coefficient (Wildman–Crippen LogP) is 2.65. The van der Waals surface area contributed by atoms with E-state index in [4.69, 9.17) is 0 Å². The molecule has 4 heteroatoms. The minimum Gasteiger partial charge on any atom is -0.355 e. The minimum absolute atomic E-state index is 0.188. The highest BCUT2D eigenvalue weighted by atomic mass is 19.1. The van der Waals surface area contributed by atoms with Crippen molar-refractivity contribution in [3.05, 3.63) is 35.6 Å². The zero-order valence-electron chi connectivity index (χ0n) is 12.8. The summed E-state index contributed by atoms with van der Waals surface area (Å²) in [6, 6.07) is 6.47. The topological polar surface area (TPSA) is 41.1 Å². The fourth-order valence-corrected chi connectivity index (χ4v) is 3.13. The van der Waals surface area contributed by atoms with Crippen molar-refractivity contribution >= 4 is 5.91 Å². The number of carbonyl (C=O) groups is 1. The van der Waals surface area contributed by atoms with Crippen molar-refractivity contribution in [2.24, 2.45) is 5.41 Å². The molecule has 1 amide bonds. The van der Waals surface area contributed by atoms with Gasteiger partial charge < -0.3 is 10.6 Å². The van der Waals surface area contributed by atoms with Crippen LogP contribution in [0.25, 0.3) is 0 Å². The fourth-order valence-electron chi connectivity index (χ4n) is 3.13. The highest BCUT2D eigenvalue weighted by Crippen LogP contribution is 2.34. The average Bonchev–Trinajstić information content (AvgIpc) is 2.50. The third kappa shape index (κ3) is 4.27. The van der Waals surface area contributed by atoms with E-state index in [-0.39, 0.29) is 17.1 Å². The van der Waals surface area contributed by atoms with E-state index in [9.17, 15) is 9.18 Å². The van der Waals surface area contributed by atoms with Crippen LogP contribution in [0.5, 0.6) is 0 Å². The molecule has 1 aliphatic rings. The van der Waals surface area contributed by atoms with Gasteiger partial charge in [-0.3, -0.25) is 4.79 Å². The molecule has 1 aliphatic heterocycles. The monoisotopic (exact) mass is 292 g/mol. The lowest BCUT2D eigenvalue weighted by atomic mass is 9.74. The number of rotatable bonds is 6. The molecule has 2 rings (SSSR count). The van der Waals surface area contributed by atoms with Crippen molar-refractivity contribution < 1.29 is 9.18 Å². The Morgan fingerprint density at radius 3 is 2.57 bits per heavy atom. The molecular formula is C17H25FN2O. The summed E-state index contributed by atoms with van der Waals surface area (Å²) >= 11 is 0. The maximum Gasteiger partial charge on any atom is 0.226 e. The first-order valence-electron chi connectivity index (χ1n) is 7.90. The fraction of sp³-hybridized carbons (Fsp3) is 0.588. The summed E-state index contributed by atoms with van der Waals surface area (Å²) in [6.07, 6.45) is 4.57. The van der Waals surface area contributed by atoms with Gasteiger partial charge in [-0.1, -0.05) is 25.5 Å². The summed E-state index contributed by atoms with van der Waals surface area (Å²) in [5.41, 5.74) is 0.856. The Hall–Kier alpha value is -1.42. The zero-order chi connectivity index (χ0) is 15.1. The molecule has 2 N–H and O–H groups in total. The molecule has 1 heterocycles. The van der Waals surface area contributed by atoms with E-state index in [1.165, 1.54) is 12.1 Å². The van der Waals surface area contributed by atoms with E-state index in [1.54, 1.807) is 12.1 Å². The summed E-state index contributed by atoms with van der Waals surface area (Å²) in [5.74, 6) is -0.0349. The molecule has 0 radical (unpaired) electrons. The minimum atomic E-state index is -0.223. The summed E-state index contributed by atoms with van der Waals surface area (Å²) in [7, 11) is 0. The van der Waals surface area contributed by atoms with E-state index in [0.29, 0.717) is 6.54 Å². The summed E-state index contributed by atoms with van der Waals surface area (Å²) in [5, 5.41) is 6.41. The maximum atomic E-state index is 12.8. The van der Waals surface area contributed by atoms with Crippen molar-refractivity contribution in [3.63, 3.8) is 0 Å². The SMILES string of the molecule is CCCC1(C(=O)NCCc2ccc(F)cc2)CCNCC1. The quantitative estimate of drug-likeness (QED) is 0.846. The molecule has 1 aromatic carbocycles. The Balaban J connectivity index is 1.85. The van der Waals surface area contributed by atoms with Gasteiger partial charge in [0, 0.05) is 6.54 Å². The molecule has 116 valence electrons. The zero-order valence-corrected chi connectivity index (χ0v) is 12.8. The predicted molar refractivity (Wildman–Crippen MR) is 82.6 cm³/mol. The first-order chi connectivity index (χ1) is 10.2. The number of halogens is 1. The van der Waals surface area contributed by atoms with Gasteiger partial charge in [0.1, 0.15) is 5.82 Å². The van der Waals surface area contributed by atoms with Crippen molar-refractivity contribution in [1.29, 1.82) is 0 Å². The van der Waals surface area contributed by atoms with Crippen LogP contribution >= 0.6 is 0 Å². The number of carbonyl (C=O) groups excluding carboxylic acids is 1. The Bertz CT molecular complexity index is 447. The second-order valence-corrected chi connectivity index (χ2v) is 5.91. The van der Waals surface area contributed by atoms with Crippen LogP contribution in [0.3, 0.4) is 0 Å². The normalized spacial score (nSPS) is 17.4. The van der Waals surface area contributed by atoms with Crippen molar-refractivity contribution in [2.75, 3.05) is 19.6 Å². The van der Waals surface area contributed by atoms with E-state index in [2.05, 4.69) is 17.6 Å². The van der Waals surface area contributed by atoms with Gasteiger partial charge in [-0.25, -0.2) is 4.39 Å². The Labute approximate surface area is 126 Å². The van der Waals surface area contributed by atoms with Gasteiger partial charge in [-0.15, -0.1) is 0 Å². The molecule has 0 saturated carbocycles. The highest BCUT2D eigenvalue weighted by Gasteiger charge is 2.38. The number of piperidine rings is 1. The molecule has 0 unspecified atom stereocenters. The molecule has 0 atom stereocenters. The standard InChI is InChI=1S/C17H25FN2O/c1-2-8-17(9-12-19-13-10-17)16(21)20-11-7-14-3-5-15(18)6-4-14/h3-6,19H,2,7-13H2,1H3,(H,20,21). The van der Waals surface area contributed by atoms with Crippen LogP contribution in [-0.2, 0) is 11.2 Å². The number of hydrogen-bond acceptors (Lipinski definition) is 2. The lowest BCUT2D eigenvalue weighted by molar-refractivity contribution is -0.133. The molecule has 0 aliphatic carbocycles. The molecule has 1 saturated heterocycles. The number of amides is 1. The van der Waals surface area contributed by atoms with Crippen molar-refractivity contribution in [2.45, 2.75) is 39.0 Å². The van der Waals surface area contributed by atoms with E-state index in [0.717, 1.165) is 50.8 Å². The molecule has 1 aromatic rings. The Morgan fingerprint density at radius 1 is 1.29 bits per heavy atom. The summed E-state index contributed by atoms with van der Waals surface area (Å²) in [4.78, 5) is 12.6. The first-order valence-corrected chi connectivity index (χ1v) is 7.90. The highest BCUT2D eigenvalue weighted by molar-refractivity contribution is 5.82. The maximum absolute atomic E-state index is 12.8. The van der Waals surface area contributed by atoms with E-state index < -0.39 is 0 Å². The van der Waals surface area contributed by atoms with Crippen LogP contribution in [0.1, 0.15) is 38.2 Å². The van der Waals surface area contributed by atoms with E-state index in [1.807, 2.05) is 0 Å². The smallest absolute Gasteiger partial charge is 0.226 e. The van der Waals surface area contributed by atoms with Crippen molar-refractivity contribution in [3.8, 4) is 0 Å². The molecule has 0 aromatic heterocycles. The van der Waals surface area contributed by atoms with Gasteiger partial charge in [0.25, 0.3) is 0 Å². The summed E-state index contributed by atoms with van der Waals surface area (Å²) < 4.78 is 12.8. The van der Waals surface area contributed by atoms with Crippen LogP contribution < -0.4 is 10.6 Å². The van der Waals surface area contributed by atoms with Gasteiger partial charge in [-0.05, 0) is 56.5 Å². The Morgan fingerprint density at radius 2 is 1.95 bits per heavy atom. The third-order valence-electron chi connectivity index (χ3n) is 4.38. The lowest BCUT2D eigenvalue weighted by Crippen LogP contribution is -2.48. The first kappa shape index (κ1) is 16.0. The van der Waals surface area contributed by atoms with Crippen LogP contribution in [0.4, 0.5) is 4.39 Å². The van der Waals surface area contributed by atoms with Crippen LogP contribution in [0, 0.1) is 11.2 Å². The van der Waals surface area contributed by atoms with Gasteiger partial charge in [0.2, 0.25) is 5.91 Å². The van der Waals surface area contributed by atoms with Crippen LogP contribution in [-0.4, -0.2) is 25.5 Å². The third-order valence-corrected chi connectivity index (χ3v) is 4.38. The van der Waals surface area contributed by atoms with E-state index >= 15 is 0 Å². The molecule has 21 heavy (non-hydrogen) atoms.